The van der Waals surface area contributed by atoms with Crippen LogP contribution in [0.25, 0.3) is 0 Å². The van der Waals surface area contributed by atoms with Gasteiger partial charge >= 0.3 is 0 Å². The summed E-state index contributed by atoms with van der Waals surface area (Å²) in [7, 11) is 0. The Kier molecular flexibility index (Phi) is 3.77. The van der Waals surface area contributed by atoms with Crippen LogP contribution in [0, 0.1) is 0 Å². The normalized spacial score (nSPS) is 11.6. The molecule has 0 radical (unpaired) electrons. The van der Waals surface area contributed by atoms with Gasteiger partial charge in [-0.25, -0.2) is 5.84 Å². The third-order valence-electron chi connectivity index (χ3n) is 1.53. The van der Waals surface area contributed by atoms with Crippen molar-refractivity contribution in [3.63, 3.8) is 0 Å². The summed E-state index contributed by atoms with van der Waals surface area (Å²) in [5.74, 6) is 5.29. The number of aryl methyl sites for hydroxylation is 1. The number of nitrogens with zero attached hydrogens (tertiary/aromatic N) is 3. The van der Waals surface area contributed by atoms with Crippen LogP contribution < -0.4 is 17.0 Å². The van der Waals surface area contributed by atoms with E-state index in [1.807, 2.05) is 16.9 Å². The van der Waals surface area contributed by atoms with E-state index in [1.54, 1.807) is 6.20 Å². The van der Waals surface area contributed by atoms with Gasteiger partial charge in [0.05, 0.1) is 0 Å². The zero-order valence-corrected chi connectivity index (χ0v) is 7.35. The highest BCUT2D eigenvalue weighted by atomic mass is 15.3. The Bertz CT molecular complexity index is 252. The molecule has 6 heteroatoms. The van der Waals surface area contributed by atoms with Crippen LogP contribution in [0.5, 0.6) is 0 Å². The van der Waals surface area contributed by atoms with E-state index in [0.717, 1.165) is 13.0 Å². The molecular weight excluding hydrogens is 168 g/mol. The molecule has 0 bridgehead atoms. The van der Waals surface area contributed by atoms with Crippen molar-refractivity contribution in [3.05, 3.63) is 18.5 Å². The molecule has 13 heavy (non-hydrogen) atoms. The SMILES string of the molecule is NNC(N)=NCCCn1cccn1. The molecule has 1 aromatic rings. The van der Waals surface area contributed by atoms with Crippen LogP contribution in [0.3, 0.4) is 0 Å². The molecule has 0 saturated heterocycles. The predicted octanol–water partition coefficient (Wildman–Crippen LogP) is -0.949. The summed E-state index contributed by atoms with van der Waals surface area (Å²) in [6.07, 6.45) is 4.55. The van der Waals surface area contributed by atoms with Crippen molar-refractivity contribution in [1.82, 2.24) is 15.2 Å². The molecule has 0 unspecified atom stereocenters. The van der Waals surface area contributed by atoms with Gasteiger partial charge < -0.3 is 5.73 Å². The van der Waals surface area contributed by atoms with Crippen molar-refractivity contribution in [1.29, 1.82) is 0 Å². The second-order valence-corrected chi connectivity index (χ2v) is 2.53. The molecule has 0 aliphatic rings. The van der Waals surface area contributed by atoms with Crippen molar-refractivity contribution in [2.45, 2.75) is 13.0 Å². The molecule has 1 aromatic heterocycles. The van der Waals surface area contributed by atoms with Gasteiger partial charge in [-0.05, 0) is 12.5 Å². The van der Waals surface area contributed by atoms with Crippen molar-refractivity contribution < 1.29 is 0 Å². The Morgan fingerprint density at radius 3 is 3.08 bits per heavy atom. The first kappa shape index (κ1) is 9.53. The molecule has 0 fully saturated rings. The monoisotopic (exact) mass is 182 g/mol. The van der Waals surface area contributed by atoms with Crippen LogP contribution >= 0.6 is 0 Å². The van der Waals surface area contributed by atoms with Gasteiger partial charge in [0.15, 0.2) is 0 Å². The predicted molar refractivity (Wildman–Crippen MR) is 50.7 cm³/mol. The maximum absolute atomic E-state index is 5.32. The fourth-order valence-corrected chi connectivity index (χ4v) is 0.911. The summed E-state index contributed by atoms with van der Waals surface area (Å²) in [6.45, 7) is 1.49. The minimum absolute atomic E-state index is 0.264. The van der Waals surface area contributed by atoms with E-state index in [0.29, 0.717) is 6.54 Å². The Morgan fingerprint density at radius 2 is 2.46 bits per heavy atom. The lowest BCUT2D eigenvalue weighted by molar-refractivity contribution is 0.585. The number of hydrogen-bond acceptors (Lipinski definition) is 3. The van der Waals surface area contributed by atoms with Crippen molar-refractivity contribution in [2.75, 3.05) is 6.54 Å². The van der Waals surface area contributed by atoms with Crippen LogP contribution in [-0.4, -0.2) is 22.3 Å². The van der Waals surface area contributed by atoms with Crippen molar-refractivity contribution >= 4 is 5.96 Å². The molecule has 5 N–H and O–H groups in total. The van der Waals surface area contributed by atoms with Gasteiger partial charge in [0.2, 0.25) is 5.96 Å². The van der Waals surface area contributed by atoms with E-state index in [-0.39, 0.29) is 5.96 Å². The summed E-state index contributed by atoms with van der Waals surface area (Å²) < 4.78 is 1.85. The zero-order chi connectivity index (χ0) is 9.52. The first-order valence-electron chi connectivity index (χ1n) is 4.07. The van der Waals surface area contributed by atoms with Crippen LogP contribution in [-0.2, 0) is 6.54 Å². The molecule has 1 rings (SSSR count). The quantitative estimate of drug-likeness (QED) is 0.184. The molecule has 6 nitrogen and oxygen atoms in total. The number of aliphatic imine (C=N–C) groups is 1. The van der Waals surface area contributed by atoms with Gasteiger partial charge in [-0.2, -0.15) is 5.10 Å². The molecule has 0 spiro atoms. The Labute approximate surface area is 76.6 Å². The Hall–Kier alpha value is -1.56. The lowest BCUT2D eigenvalue weighted by Gasteiger charge is -1.99. The number of hydrogen-bond donors (Lipinski definition) is 3. The molecular formula is C7H14N6. The van der Waals surface area contributed by atoms with E-state index < -0.39 is 0 Å². The maximum Gasteiger partial charge on any atom is 0.203 e. The first-order chi connectivity index (χ1) is 6.33. The van der Waals surface area contributed by atoms with E-state index in [9.17, 15) is 0 Å². The lowest BCUT2D eigenvalue weighted by Crippen LogP contribution is -2.37. The van der Waals surface area contributed by atoms with Gasteiger partial charge in [0.1, 0.15) is 0 Å². The average molecular weight is 182 g/mol. The fraction of sp³-hybridized carbons (Fsp3) is 0.429. The largest absolute Gasteiger partial charge is 0.369 e. The lowest BCUT2D eigenvalue weighted by atomic mass is 10.4. The van der Waals surface area contributed by atoms with Gasteiger partial charge in [-0.1, -0.05) is 0 Å². The molecule has 0 atom stereocenters. The highest BCUT2D eigenvalue weighted by molar-refractivity contribution is 5.76. The molecule has 0 aliphatic carbocycles. The standard InChI is InChI=1S/C7H14N6/c8-7(12-9)10-3-1-5-13-6-2-4-11-13/h2,4,6H,1,3,5,9H2,(H3,8,10,12). The zero-order valence-electron chi connectivity index (χ0n) is 7.35. The van der Waals surface area contributed by atoms with E-state index in [2.05, 4.69) is 15.5 Å². The minimum atomic E-state index is 0.264. The number of hydrazine groups is 1. The number of guanidine groups is 1. The molecule has 72 valence electrons. The van der Waals surface area contributed by atoms with Crippen LogP contribution in [0.4, 0.5) is 0 Å². The smallest absolute Gasteiger partial charge is 0.203 e. The van der Waals surface area contributed by atoms with Gasteiger partial charge in [0, 0.05) is 25.5 Å². The number of nitrogens with two attached hydrogens (primary N) is 2. The Morgan fingerprint density at radius 1 is 1.62 bits per heavy atom. The molecule has 0 saturated carbocycles. The third kappa shape index (κ3) is 3.57. The first-order valence-corrected chi connectivity index (χ1v) is 4.07. The second kappa shape index (κ2) is 5.15. The van der Waals surface area contributed by atoms with E-state index in [1.165, 1.54) is 0 Å². The number of rotatable bonds is 4. The molecule has 1 heterocycles. The van der Waals surface area contributed by atoms with Crippen LogP contribution in [0.2, 0.25) is 0 Å². The third-order valence-corrected chi connectivity index (χ3v) is 1.53. The van der Waals surface area contributed by atoms with Gasteiger partial charge in [0.25, 0.3) is 0 Å². The van der Waals surface area contributed by atoms with Gasteiger partial charge in [-0.15, -0.1) is 0 Å². The van der Waals surface area contributed by atoms with E-state index in [4.69, 9.17) is 11.6 Å². The summed E-state index contributed by atoms with van der Waals surface area (Å²) >= 11 is 0. The number of nitrogens with one attached hydrogen (secondary N) is 1. The number of aromatic nitrogens is 2. The van der Waals surface area contributed by atoms with Gasteiger partial charge in [-0.3, -0.25) is 15.1 Å². The topological polar surface area (TPSA) is 94.2 Å². The van der Waals surface area contributed by atoms with Crippen molar-refractivity contribution in [2.24, 2.45) is 16.6 Å². The molecule has 0 aliphatic heterocycles. The van der Waals surface area contributed by atoms with E-state index >= 15 is 0 Å². The maximum atomic E-state index is 5.32. The summed E-state index contributed by atoms with van der Waals surface area (Å²) in [4.78, 5) is 3.96. The highest BCUT2D eigenvalue weighted by Gasteiger charge is 1.90. The summed E-state index contributed by atoms with van der Waals surface area (Å²) in [6, 6.07) is 1.89. The summed E-state index contributed by atoms with van der Waals surface area (Å²) in [5, 5.41) is 4.05. The molecule has 0 amide bonds. The second-order valence-electron chi connectivity index (χ2n) is 2.53. The minimum Gasteiger partial charge on any atom is -0.369 e. The van der Waals surface area contributed by atoms with Crippen LogP contribution in [0.15, 0.2) is 23.5 Å². The average Bonchev–Trinajstić information content (AvgIpc) is 2.64. The fourth-order valence-electron chi connectivity index (χ4n) is 0.911. The highest BCUT2D eigenvalue weighted by Crippen LogP contribution is 1.89. The molecule has 0 aromatic carbocycles. The Balaban J connectivity index is 2.15. The van der Waals surface area contributed by atoms with Crippen molar-refractivity contribution in [3.8, 4) is 0 Å². The summed E-state index contributed by atoms with van der Waals surface area (Å²) in [5.41, 5.74) is 7.59. The van der Waals surface area contributed by atoms with Crippen LogP contribution in [0.1, 0.15) is 6.42 Å².